The zero-order chi connectivity index (χ0) is 15.5. The average molecular weight is 296 g/mol. The van der Waals surface area contributed by atoms with Crippen molar-refractivity contribution in [3.63, 3.8) is 0 Å². The molecule has 0 amide bonds. The monoisotopic (exact) mass is 296 g/mol. The molecule has 2 rings (SSSR count). The molecule has 4 nitrogen and oxygen atoms in total. The van der Waals surface area contributed by atoms with Crippen LogP contribution >= 0.6 is 0 Å². The van der Waals surface area contributed by atoms with Gasteiger partial charge in [0.15, 0.2) is 0 Å². The van der Waals surface area contributed by atoms with Crippen molar-refractivity contribution in [2.75, 3.05) is 26.8 Å². The summed E-state index contributed by atoms with van der Waals surface area (Å²) in [6, 6.07) is 6.18. The maximum atomic E-state index is 14.1. The minimum atomic E-state index is -0.786. The fraction of sp³-hybridized carbons (Fsp3) is 0.625. The van der Waals surface area contributed by atoms with Crippen LogP contribution in [-0.4, -0.2) is 48.5 Å². The Morgan fingerprint density at radius 1 is 1.38 bits per heavy atom. The average Bonchev–Trinajstić information content (AvgIpc) is 2.41. The largest absolute Gasteiger partial charge is 0.388 e. The zero-order valence-electron chi connectivity index (χ0n) is 12.8. The molecule has 0 saturated carbocycles. The molecule has 0 bridgehead atoms. The lowest BCUT2D eigenvalue weighted by Gasteiger charge is -2.40. The van der Waals surface area contributed by atoms with Crippen LogP contribution in [0.25, 0.3) is 0 Å². The standard InChI is InChI=1S/C16H25FN2O2/c1-12(18)15(13-5-3-4-6-14(13)17)19(2)11-16(20)7-9-21-10-8-16/h3-6,12,15,20H,7-11,18H2,1-2H3. The molecule has 1 fully saturated rings. The van der Waals surface area contributed by atoms with Gasteiger partial charge in [-0.2, -0.15) is 0 Å². The highest BCUT2D eigenvalue weighted by Crippen LogP contribution is 2.29. The van der Waals surface area contributed by atoms with Crippen molar-refractivity contribution in [3.05, 3.63) is 35.6 Å². The Labute approximate surface area is 125 Å². The SMILES string of the molecule is CC(N)C(c1ccccc1F)N(C)CC1(O)CCOCC1. The molecule has 2 atom stereocenters. The number of aliphatic hydroxyl groups is 1. The Hall–Kier alpha value is -1.01. The maximum Gasteiger partial charge on any atom is 0.128 e. The molecule has 1 aromatic carbocycles. The topological polar surface area (TPSA) is 58.7 Å². The zero-order valence-corrected chi connectivity index (χ0v) is 12.8. The Morgan fingerprint density at radius 3 is 2.57 bits per heavy atom. The molecule has 2 unspecified atom stereocenters. The molecule has 0 aliphatic carbocycles. The number of rotatable bonds is 5. The summed E-state index contributed by atoms with van der Waals surface area (Å²) in [5.41, 5.74) is 5.86. The van der Waals surface area contributed by atoms with Gasteiger partial charge in [-0.05, 0) is 20.0 Å². The molecule has 1 saturated heterocycles. The van der Waals surface area contributed by atoms with Crippen LogP contribution in [0.15, 0.2) is 24.3 Å². The Balaban J connectivity index is 2.16. The molecule has 0 aromatic heterocycles. The van der Waals surface area contributed by atoms with Gasteiger partial charge in [-0.3, -0.25) is 4.90 Å². The first-order valence-electron chi connectivity index (χ1n) is 7.43. The number of hydrogen-bond acceptors (Lipinski definition) is 4. The highest BCUT2D eigenvalue weighted by Gasteiger charge is 2.34. The lowest BCUT2D eigenvalue weighted by molar-refractivity contribution is -0.0826. The highest BCUT2D eigenvalue weighted by atomic mass is 19.1. The molecule has 1 aliphatic heterocycles. The van der Waals surface area contributed by atoms with Gasteiger partial charge in [-0.25, -0.2) is 4.39 Å². The number of hydrogen-bond donors (Lipinski definition) is 2. The molecular formula is C16H25FN2O2. The predicted molar refractivity (Wildman–Crippen MR) is 80.4 cm³/mol. The van der Waals surface area contributed by atoms with Gasteiger partial charge in [0.1, 0.15) is 5.82 Å². The van der Waals surface area contributed by atoms with Gasteiger partial charge in [0.2, 0.25) is 0 Å². The third-order valence-corrected chi connectivity index (χ3v) is 4.16. The molecule has 3 N–H and O–H groups in total. The van der Waals surface area contributed by atoms with Gasteiger partial charge >= 0.3 is 0 Å². The Morgan fingerprint density at radius 2 is 2.00 bits per heavy atom. The molecular weight excluding hydrogens is 271 g/mol. The van der Waals surface area contributed by atoms with Crippen LogP contribution in [0.1, 0.15) is 31.4 Å². The van der Waals surface area contributed by atoms with E-state index in [1.807, 2.05) is 24.9 Å². The number of nitrogens with zero attached hydrogens (tertiary/aromatic N) is 1. The van der Waals surface area contributed by atoms with Crippen molar-refractivity contribution < 1.29 is 14.2 Å². The summed E-state index contributed by atoms with van der Waals surface area (Å²) >= 11 is 0. The van der Waals surface area contributed by atoms with Crippen LogP contribution in [0.4, 0.5) is 4.39 Å². The first-order chi connectivity index (χ1) is 9.93. The number of ether oxygens (including phenoxy) is 1. The van der Waals surface area contributed by atoms with E-state index in [-0.39, 0.29) is 17.9 Å². The summed E-state index contributed by atoms with van der Waals surface area (Å²) in [5.74, 6) is -0.259. The van der Waals surface area contributed by atoms with Crippen molar-refractivity contribution in [1.82, 2.24) is 4.90 Å². The molecule has 1 aliphatic rings. The first-order valence-corrected chi connectivity index (χ1v) is 7.43. The minimum Gasteiger partial charge on any atom is -0.388 e. The number of halogens is 1. The van der Waals surface area contributed by atoms with E-state index in [1.165, 1.54) is 6.07 Å². The van der Waals surface area contributed by atoms with Gasteiger partial charge < -0.3 is 15.6 Å². The molecule has 5 heteroatoms. The van der Waals surface area contributed by atoms with Gasteiger partial charge in [-0.15, -0.1) is 0 Å². The third-order valence-electron chi connectivity index (χ3n) is 4.16. The summed E-state index contributed by atoms with van der Waals surface area (Å²) in [7, 11) is 1.88. The van der Waals surface area contributed by atoms with E-state index in [9.17, 15) is 9.50 Å². The van der Waals surface area contributed by atoms with E-state index in [1.54, 1.807) is 12.1 Å². The van der Waals surface area contributed by atoms with Crippen LogP contribution in [0.3, 0.4) is 0 Å². The van der Waals surface area contributed by atoms with Crippen molar-refractivity contribution in [2.24, 2.45) is 5.73 Å². The summed E-state index contributed by atoms with van der Waals surface area (Å²) in [5, 5.41) is 10.6. The van der Waals surface area contributed by atoms with Crippen LogP contribution in [-0.2, 0) is 4.74 Å². The van der Waals surface area contributed by atoms with Gasteiger partial charge in [-0.1, -0.05) is 18.2 Å². The Kier molecular flexibility index (Phi) is 5.32. The van der Waals surface area contributed by atoms with E-state index in [0.717, 1.165) is 0 Å². The first kappa shape index (κ1) is 16.4. The van der Waals surface area contributed by atoms with Gasteiger partial charge in [0.05, 0.1) is 11.6 Å². The second-order valence-corrected chi connectivity index (χ2v) is 6.08. The lowest BCUT2D eigenvalue weighted by atomic mass is 9.91. The van der Waals surface area contributed by atoms with Gasteiger partial charge in [0.25, 0.3) is 0 Å². The van der Waals surface area contributed by atoms with Crippen molar-refractivity contribution in [2.45, 2.75) is 37.5 Å². The van der Waals surface area contributed by atoms with E-state index in [0.29, 0.717) is 38.2 Å². The number of likely N-dealkylation sites (N-methyl/N-ethyl adjacent to an activating group) is 1. The molecule has 1 aromatic rings. The minimum absolute atomic E-state index is 0.240. The smallest absolute Gasteiger partial charge is 0.128 e. The summed E-state index contributed by atoms with van der Waals surface area (Å²) in [6.45, 7) is 3.44. The fourth-order valence-electron chi connectivity index (χ4n) is 3.11. The second kappa shape index (κ2) is 6.83. The van der Waals surface area contributed by atoms with Crippen molar-refractivity contribution >= 4 is 0 Å². The Bertz CT molecular complexity index is 461. The van der Waals surface area contributed by atoms with E-state index >= 15 is 0 Å². The second-order valence-electron chi connectivity index (χ2n) is 6.08. The molecule has 118 valence electrons. The summed E-state index contributed by atoms with van der Waals surface area (Å²) in [4.78, 5) is 1.95. The van der Waals surface area contributed by atoms with Crippen molar-refractivity contribution in [3.8, 4) is 0 Å². The molecule has 0 radical (unpaired) electrons. The summed E-state index contributed by atoms with van der Waals surface area (Å²) < 4.78 is 19.4. The molecule has 21 heavy (non-hydrogen) atoms. The molecule has 1 heterocycles. The number of benzene rings is 1. The quantitative estimate of drug-likeness (QED) is 0.868. The van der Waals surface area contributed by atoms with E-state index < -0.39 is 5.60 Å². The summed E-state index contributed by atoms with van der Waals surface area (Å²) in [6.07, 6.45) is 1.20. The van der Waals surface area contributed by atoms with Crippen molar-refractivity contribution in [1.29, 1.82) is 0 Å². The van der Waals surface area contributed by atoms with Crippen LogP contribution < -0.4 is 5.73 Å². The van der Waals surface area contributed by atoms with Gasteiger partial charge in [0, 0.05) is 44.2 Å². The predicted octanol–water partition coefficient (Wildman–Crippen LogP) is 1.69. The lowest BCUT2D eigenvalue weighted by Crippen LogP contribution is -2.49. The van der Waals surface area contributed by atoms with Crippen LogP contribution in [0.2, 0.25) is 0 Å². The number of nitrogens with two attached hydrogens (primary N) is 1. The maximum absolute atomic E-state index is 14.1. The van der Waals surface area contributed by atoms with Crippen LogP contribution in [0.5, 0.6) is 0 Å². The molecule has 0 spiro atoms. The third kappa shape index (κ3) is 4.01. The van der Waals surface area contributed by atoms with Crippen LogP contribution in [0, 0.1) is 5.82 Å². The van der Waals surface area contributed by atoms with E-state index in [4.69, 9.17) is 10.5 Å². The normalized spacial score (nSPS) is 21.2. The van der Waals surface area contributed by atoms with E-state index in [2.05, 4.69) is 0 Å². The fourth-order valence-corrected chi connectivity index (χ4v) is 3.11. The highest BCUT2D eigenvalue weighted by molar-refractivity contribution is 5.22.